The lowest BCUT2D eigenvalue weighted by atomic mass is 10.2. The van der Waals surface area contributed by atoms with E-state index in [1.807, 2.05) is 0 Å². The van der Waals surface area contributed by atoms with E-state index >= 15 is 0 Å². The number of ether oxygens (including phenoxy) is 1. The average molecular weight is 214 g/mol. The molecule has 0 radical (unpaired) electrons. The van der Waals surface area contributed by atoms with Crippen molar-refractivity contribution in [2.45, 2.75) is 12.5 Å². The largest absolute Gasteiger partial charge is 0.480 e. The lowest BCUT2D eigenvalue weighted by molar-refractivity contribution is 0.0777. The fraction of sp³-hybridized carbons (Fsp3) is 0.333. The lowest BCUT2D eigenvalue weighted by Crippen LogP contribution is -2.14. The van der Waals surface area contributed by atoms with Crippen LogP contribution in [0.1, 0.15) is 15.9 Å². The fourth-order valence-electron chi connectivity index (χ4n) is 1.58. The van der Waals surface area contributed by atoms with Crippen molar-refractivity contribution in [2.24, 2.45) is 0 Å². The molecule has 0 bridgehead atoms. The van der Waals surface area contributed by atoms with Crippen molar-refractivity contribution < 1.29 is 14.6 Å². The third kappa shape index (κ3) is 1.27. The molecule has 14 heavy (non-hydrogen) atoms. The van der Waals surface area contributed by atoms with Gasteiger partial charge in [-0.05, 0) is 11.6 Å². The molecule has 0 aromatic carbocycles. The summed E-state index contributed by atoms with van der Waals surface area (Å²) in [6, 6.07) is 1.58. The third-order valence-corrected chi connectivity index (χ3v) is 2.39. The molecule has 1 aliphatic rings. The van der Waals surface area contributed by atoms with E-state index in [4.69, 9.17) is 16.3 Å². The van der Waals surface area contributed by atoms with E-state index in [9.17, 15) is 9.90 Å². The van der Waals surface area contributed by atoms with Gasteiger partial charge in [0.15, 0.2) is 5.78 Å². The summed E-state index contributed by atoms with van der Waals surface area (Å²) in [7, 11) is 1.41. The molecule has 0 saturated heterocycles. The van der Waals surface area contributed by atoms with Crippen LogP contribution in [-0.2, 0) is 6.42 Å². The second kappa shape index (κ2) is 3.22. The Morgan fingerprint density at radius 2 is 2.43 bits per heavy atom. The molecule has 5 heteroatoms. The average Bonchev–Trinajstić information content (AvgIpc) is 2.41. The molecule has 1 atom stereocenters. The first kappa shape index (κ1) is 9.43. The van der Waals surface area contributed by atoms with Gasteiger partial charge in [-0.2, -0.15) is 0 Å². The minimum atomic E-state index is -0.987. The van der Waals surface area contributed by atoms with Crippen LogP contribution in [0.2, 0.25) is 5.15 Å². The van der Waals surface area contributed by atoms with Crippen LogP contribution in [0, 0.1) is 0 Å². The van der Waals surface area contributed by atoms with Crippen molar-refractivity contribution >= 4 is 17.4 Å². The minimum absolute atomic E-state index is 0.189. The number of aromatic nitrogens is 1. The normalized spacial score (nSPS) is 19.6. The van der Waals surface area contributed by atoms with Gasteiger partial charge in [0, 0.05) is 6.42 Å². The topological polar surface area (TPSA) is 59.4 Å². The molecule has 0 unspecified atom stereocenters. The third-order valence-electron chi connectivity index (χ3n) is 2.19. The first-order valence-electron chi connectivity index (χ1n) is 4.09. The van der Waals surface area contributed by atoms with Crippen molar-refractivity contribution in [1.82, 2.24) is 4.98 Å². The van der Waals surface area contributed by atoms with Crippen LogP contribution < -0.4 is 4.74 Å². The maximum Gasteiger partial charge on any atom is 0.225 e. The molecule has 0 saturated carbocycles. The number of fused-ring (bicyclic) bond motifs is 1. The first-order chi connectivity index (χ1) is 6.63. The number of Topliss-reactive ketones (excluding diaryl/α,β-unsaturated/α-hetero) is 1. The minimum Gasteiger partial charge on any atom is -0.480 e. The van der Waals surface area contributed by atoms with Gasteiger partial charge in [-0.15, -0.1) is 0 Å². The van der Waals surface area contributed by atoms with Crippen molar-refractivity contribution in [2.75, 3.05) is 7.11 Å². The van der Waals surface area contributed by atoms with Crippen LogP contribution >= 0.6 is 11.6 Å². The number of carbonyl (C=O) groups excluding carboxylic acids is 1. The van der Waals surface area contributed by atoms with Crippen LogP contribution in [0.3, 0.4) is 0 Å². The summed E-state index contributed by atoms with van der Waals surface area (Å²) in [4.78, 5) is 15.3. The number of hydrogen-bond donors (Lipinski definition) is 1. The van der Waals surface area contributed by atoms with Gasteiger partial charge in [0.05, 0.1) is 12.7 Å². The van der Waals surface area contributed by atoms with Crippen molar-refractivity contribution in [3.05, 3.63) is 22.3 Å². The van der Waals surface area contributed by atoms with Crippen molar-refractivity contribution in [3.8, 4) is 5.88 Å². The number of pyridine rings is 1. The summed E-state index contributed by atoms with van der Waals surface area (Å²) >= 11 is 5.72. The molecule has 1 heterocycles. The Hall–Kier alpha value is -1.13. The molecule has 0 spiro atoms. The Balaban J connectivity index is 2.62. The molecule has 0 fully saturated rings. The number of nitrogens with zero attached hydrogens (tertiary/aromatic N) is 1. The molecule has 74 valence electrons. The highest BCUT2D eigenvalue weighted by molar-refractivity contribution is 6.29. The summed E-state index contributed by atoms with van der Waals surface area (Å²) in [5.74, 6) is -0.157. The Morgan fingerprint density at radius 3 is 3.07 bits per heavy atom. The molecule has 1 aromatic heterocycles. The van der Waals surface area contributed by atoms with Crippen LogP contribution in [0.15, 0.2) is 6.07 Å². The standard InChI is InChI=1S/C9H8ClNO3/c1-14-9-7-4(3-6(10)11-9)2-5(12)8(7)13/h3,5,12H,2H2,1H3/t5-/m1/s1. The Kier molecular flexibility index (Phi) is 2.17. The summed E-state index contributed by atoms with van der Waals surface area (Å²) in [6.07, 6.45) is -0.702. The van der Waals surface area contributed by atoms with Crippen LogP contribution in [0.5, 0.6) is 5.88 Å². The summed E-state index contributed by atoms with van der Waals surface area (Å²) in [5, 5.41) is 9.62. The predicted octanol–water partition coefficient (Wildman–Crippen LogP) is 0.843. The first-order valence-corrected chi connectivity index (χ1v) is 4.47. The maximum atomic E-state index is 11.5. The molecular formula is C9H8ClNO3. The quantitative estimate of drug-likeness (QED) is 0.703. The zero-order valence-corrected chi connectivity index (χ0v) is 8.21. The molecule has 1 aromatic rings. The number of aliphatic hydroxyl groups excluding tert-OH is 1. The van der Waals surface area contributed by atoms with Crippen LogP contribution in [-0.4, -0.2) is 29.1 Å². The highest BCUT2D eigenvalue weighted by atomic mass is 35.5. The summed E-state index contributed by atoms with van der Waals surface area (Å²) in [6.45, 7) is 0. The van der Waals surface area contributed by atoms with Gasteiger partial charge in [-0.25, -0.2) is 4.98 Å². The maximum absolute atomic E-state index is 11.5. The Labute approximate surface area is 85.5 Å². The van der Waals surface area contributed by atoms with E-state index in [1.165, 1.54) is 7.11 Å². The number of halogens is 1. The number of carbonyl (C=O) groups is 1. The van der Waals surface area contributed by atoms with Gasteiger partial charge >= 0.3 is 0 Å². The molecular weight excluding hydrogens is 206 g/mol. The summed E-state index contributed by atoms with van der Waals surface area (Å²) in [5.41, 5.74) is 1.05. The number of methoxy groups -OCH3 is 1. The highest BCUT2D eigenvalue weighted by Gasteiger charge is 2.33. The number of rotatable bonds is 1. The van der Waals surface area contributed by atoms with Gasteiger partial charge in [0.1, 0.15) is 11.3 Å². The molecule has 0 amide bonds. The van der Waals surface area contributed by atoms with Crippen molar-refractivity contribution in [3.63, 3.8) is 0 Å². The highest BCUT2D eigenvalue weighted by Crippen LogP contribution is 2.31. The molecule has 4 nitrogen and oxygen atoms in total. The monoisotopic (exact) mass is 213 g/mol. The molecule has 0 aliphatic heterocycles. The fourth-order valence-corrected chi connectivity index (χ4v) is 1.79. The Bertz CT molecular complexity index is 405. The zero-order chi connectivity index (χ0) is 10.3. The Morgan fingerprint density at radius 1 is 1.71 bits per heavy atom. The van der Waals surface area contributed by atoms with Crippen LogP contribution in [0.4, 0.5) is 0 Å². The van der Waals surface area contributed by atoms with Crippen molar-refractivity contribution in [1.29, 1.82) is 0 Å². The second-order valence-electron chi connectivity index (χ2n) is 3.07. The van der Waals surface area contributed by atoms with Gasteiger partial charge in [0.25, 0.3) is 0 Å². The van der Waals surface area contributed by atoms with E-state index in [-0.39, 0.29) is 23.2 Å². The van der Waals surface area contributed by atoms with Gasteiger partial charge in [-0.1, -0.05) is 11.6 Å². The van der Waals surface area contributed by atoms with E-state index < -0.39 is 6.10 Å². The number of ketones is 1. The zero-order valence-electron chi connectivity index (χ0n) is 7.45. The molecule has 1 N–H and O–H groups in total. The second-order valence-corrected chi connectivity index (χ2v) is 3.46. The molecule has 2 rings (SSSR count). The number of hydrogen-bond acceptors (Lipinski definition) is 4. The van der Waals surface area contributed by atoms with E-state index in [0.29, 0.717) is 11.1 Å². The van der Waals surface area contributed by atoms with Gasteiger partial charge < -0.3 is 9.84 Å². The SMILES string of the molecule is COc1nc(Cl)cc2c1C(=O)[C@H](O)C2. The molecule has 1 aliphatic carbocycles. The van der Waals surface area contributed by atoms with E-state index in [0.717, 1.165) is 0 Å². The number of aliphatic hydroxyl groups is 1. The van der Waals surface area contributed by atoms with Gasteiger partial charge in [-0.3, -0.25) is 4.79 Å². The lowest BCUT2D eigenvalue weighted by Gasteiger charge is -2.04. The smallest absolute Gasteiger partial charge is 0.225 e. The predicted molar refractivity (Wildman–Crippen MR) is 49.8 cm³/mol. The van der Waals surface area contributed by atoms with Gasteiger partial charge in [0.2, 0.25) is 5.88 Å². The van der Waals surface area contributed by atoms with E-state index in [1.54, 1.807) is 6.07 Å². The van der Waals surface area contributed by atoms with E-state index in [2.05, 4.69) is 4.98 Å². The summed E-state index contributed by atoms with van der Waals surface area (Å²) < 4.78 is 4.93. The van der Waals surface area contributed by atoms with Crippen LogP contribution in [0.25, 0.3) is 0 Å².